The summed E-state index contributed by atoms with van der Waals surface area (Å²) in [7, 11) is 0. The van der Waals surface area contributed by atoms with Crippen molar-refractivity contribution in [3.8, 4) is 5.75 Å². The predicted octanol–water partition coefficient (Wildman–Crippen LogP) is 2.59. The molecule has 0 unspecified atom stereocenters. The fourth-order valence-corrected chi connectivity index (χ4v) is 1.41. The second-order valence-electron chi connectivity index (χ2n) is 3.59. The summed E-state index contributed by atoms with van der Waals surface area (Å²) in [5, 5.41) is 6.21. The molecule has 1 aromatic carbocycles. The van der Waals surface area contributed by atoms with Crippen LogP contribution in [0.2, 0.25) is 0 Å². The van der Waals surface area contributed by atoms with Gasteiger partial charge in [-0.3, -0.25) is 5.10 Å². The number of hydrogen-bond donors (Lipinski definition) is 2. The van der Waals surface area contributed by atoms with Gasteiger partial charge in [-0.05, 0) is 12.1 Å². The smallest absolute Gasteiger partial charge is 0.419 e. The van der Waals surface area contributed by atoms with Crippen molar-refractivity contribution >= 4 is 5.69 Å². The highest BCUT2D eigenvalue weighted by Gasteiger charge is 2.34. The first kappa shape index (κ1) is 12.3. The highest BCUT2D eigenvalue weighted by molar-refractivity contribution is 5.40. The van der Waals surface area contributed by atoms with Crippen molar-refractivity contribution < 1.29 is 17.9 Å². The number of para-hydroxylation sites is 1. The van der Waals surface area contributed by atoms with Crippen LogP contribution in [0.25, 0.3) is 0 Å². The van der Waals surface area contributed by atoms with Crippen molar-refractivity contribution in [3.63, 3.8) is 0 Å². The summed E-state index contributed by atoms with van der Waals surface area (Å²) in [5.41, 5.74) is 5.50. The molecule has 0 aliphatic heterocycles. The van der Waals surface area contributed by atoms with E-state index in [0.29, 0.717) is 11.4 Å². The highest BCUT2D eigenvalue weighted by atomic mass is 19.4. The zero-order chi connectivity index (χ0) is 13.2. The number of aromatic nitrogens is 2. The molecular formula is C11H10F3N3O. The summed E-state index contributed by atoms with van der Waals surface area (Å²) in [6.07, 6.45) is -3.08. The number of nitrogens with two attached hydrogens (primary N) is 1. The Balaban J connectivity index is 2.17. The van der Waals surface area contributed by atoms with Crippen LogP contribution in [0, 0.1) is 0 Å². The van der Waals surface area contributed by atoms with E-state index in [4.69, 9.17) is 10.5 Å². The molecule has 0 saturated carbocycles. The Morgan fingerprint density at radius 2 is 2.00 bits per heavy atom. The lowest BCUT2D eigenvalue weighted by molar-refractivity contribution is -0.139. The fraction of sp³-hybridized carbons (Fsp3) is 0.182. The minimum Gasteiger partial charge on any atom is -0.487 e. The summed E-state index contributed by atoms with van der Waals surface area (Å²) in [6, 6.07) is 5.00. The van der Waals surface area contributed by atoms with Gasteiger partial charge in [0, 0.05) is 0 Å². The van der Waals surface area contributed by atoms with Crippen LogP contribution in [0.5, 0.6) is 5.75 Å². The topological polar surface area (TPSA) is 63.9 Å². The van der Waals surface area contributed by atoms with Crippen molar-refractivity contribution in [1.82, 2.24) is 10.2 Å². The van der Waals surface area contributed by atoms with Crippen molar-refractivity contribution in [1.29, 1.82) is 0 Å². The first-order valence-corrected chi connectivity index (χ1v) is 5.05. The first-order chi connectivity index (χ1) is 8.48. The van der Waals surface area contributed by atoms with Crippen molar-refractivity contribution in [2.45, 2.75) is 12.8 Å². The highest BCUT2D eigenvalue weighted by Crippen LogP contribution is 2.36. The minimum atomic E-state index is -4.45. The summed E-state index contributed by atoms with van der Waals surface area (Å²) in [6.45, 7) is -0.0983. The van der Waals surface area contributed by atoms with Crippen LogP contribution in [0.3, 0.4) is 0 Å². The number of H-pyrrole nitrogens is 1. The average Bonchev–Trinajstić information content (AvgIpc) is 2.71. The Hall–Kier alpha value is -2.18. The lowest BCUT2D eigenvalue weighted by Gasteiger charge is -2.13. The molecule has 0 fully saturated rings. The number of alkyl halides is 3. The van der Waals surface area contributed by atoms with Crippen molar-refractivity contribution in [3.05, 3.63) is 41.7 Å². The van der Waals surface area contributed by atoms with E-state index in [1.807, 2.05) is 0 Å². The van der Waals surface area contributed by atoms with Gasteiger partial charge in [0.05, 0.1) is 23.1 Å². The van der Waals surface area contributed by atoms with Gasteiger partial charge in [0.25, 0.3) is 0 Å². The maximum Gasteiger partial charge on any atom is 0.419 e. The molecule has 18 heavy (non-hydrogen) atoms. The molecule has 2 rings (SSSR count). The van der Waals surface area contributed by atoms with Crippen LogP contribution in [0.4, 0.5) is 18.9 Å². The quantitative estimate of drug-likeness (QED) is 0.888. The number of ether oxygens (including phenoxy) is 1. The monoisotopic (exact) mass is 257 g/mol. The zero-order valence-corrected chi connectivity index (χ0v) is 9.16. The van der Waals surface area contributed by atoms with E-state index < -0.39 is 11.7 Å². The molecule has 0 atom stereocenters. The van der Waals surface area contributed by atoms with E-state index in [9.17, 15) is 13.2 Å². The van der Waals surface area contributed by atoms with E-state index in [1.165, 1.54) is 24.4 Å². The van der Waals surface area contributed by atoms with Gasteiger partial charge in [-0.15, -0.1) is 0 Å². The lowest BCUT2D eigenvalue weighted by Crippen LogP contribution is -2.09. The van der Waals surface area contributed by atoms with Gasteiger partial charge < -0.3 is 10.5 Å². The SMILES string of the molecule is Nc1cn[nH]c1COc1ccccc1C(F)(F)F. The maximum absolute atomic E-state index is 12.7. The third-order valence-corrected chi connectivity index (χ3v) is 2.32. The van der Waals surface area contributed by atoms with E-state index in [-0.39, 0.29) is 12.4 Å². The standard InChI is InChI=1S/C11H10F3N3O/c12-11(13,14)7-3-1-2-4-10(7)18-6-9-8(15)5-16-17-9/h1-5H,6,15H2,(H,16,17). The second-order valence-corrected chi connectivity index (χ2v) is 3.59. The number of nitrogens with zero attached hydrogens (tertiary/aromatic N) is 1. The van der Waals surface area contributed by atoms with Gasteiger partial charge in [-0.1, -0.05) is 12.1 Å². The summed E-state index contributed by atoms with van der Waals surface area (Å²) >= 11 is 0. The Kier molecular flexibility index (Phi) is 3.14. The summed E-state index contributed by atoms with van der Waals surface area (Å²) in [4.78, 5) is 0. The van der Waals surface area contributed by atoms with Crippen LogP contribution in [0.15, 0.2) is 30.5 Å². The molecule has 0 bridgehead atoms. The number of benzene rings is 1. The number of halogens is 3. The molecule has 0 aliphatic rings. The van der Waals surface area contributed by atoms with Crippen LogP contribution < -0.4 is 10.5 Å². The van der Waals surface area contributed by atoms with E-state index in [1.54, 1.807) is 0 Å². The Bertz CT molecular complexity index is 536. The van der Waals surface area contributed by atoms with Gasteiger partial charge >= 0.3 is 6.18 Å². The number of nitrogen functional groups attached to an aromatic ring is 1. The van der Waals surface area contributed by atoms with Gasteiger partial charge in [-0.25, -0.2) is 0 Å². The first-order valence-electron chi connectivity index (χ1n) is 5.05. The van der Waals surface area contributed by atoms with Crippen LogP contribution in [0.1, 0.15) is 11.3 Å². The number of hydrogen-bond acceptors (Lipinski definition) is 3. The van der Waals surface area contributed by atoms with Gasteiger partial charge in [-0.2, -0.15) is 18.3 Å². The second kappa shape index (κ2) is 4.59. The molecule has 1 aromatic heterocycles. The van der Waals surface area contributed by atoms with Crippen molar-refractivity contribution in [2.75, 3.05) is 5.73 Å². The van der Waals surface area contributed by atoms with Crippen LogP contribution in [-0.2, 0) is 12.8 Å². The van der Waals surface area contributed by atoms with E-state index >= 15 is 0 Å². The Labute approximate surface area is 101 Å². The third-order valence-electron chi connectivity index (χ3n) is 2.32. The molecule has 3 N–H and O–H groups in total. The Morgan fingerprint density at radius 3 is 2.61 bits per heavy atom. The average molecular weight is 257 g/mol. The predicted molar refractivity (Wildman–Crippen MR) is 58.8 cm³/mol. The zero-order valence-electron chi connectivity index (χ0n) is 9.16. The molecule has 0 spiro atoms. The molecule has 2 aromatic rings. The fourth-order valence-electron chi connectivity index (χ4n) is 1.41. The van der Waals surface area contributed by atoms with E-state index in [0.717, 1.165) is 6.07 Å². The third kappa shape index (κ3) is 2.55. The molecule has 4 nitrogen and oxygen atoms in total. The number of aromatic amines is 1. The van der Waals surface area contributed by atoms with Crippen LogP contribution >= 0.6 is 0 Å². The van der Waals surface area contributed by atoms with Gasteiger partial charge in [0.1, 0.15) is 12.4 Å². The molecular weight excluding hydrogens is 247 g/mol. The number of rotatable bonds is 3. The number of nitrogens with one attached hydrogen (secondary N) is 1. The maximum atomic E-state index is 12.7. The molecule has 1 heterocycles. The summed E-state index contributed by atoms with van der Waals surface area (Å²) < 4.78 is 43.1. The van der Waals surface area contributed by atoms with Crippen LogP contribution in [-0.4, -0.2) is 10.2 Å². The minimum absolute atomic E-state index is 0.0983. The molecule has 0 aliphatic carbocycles. The van der Waals surface area contributed by atoms with Crippen molar-refractivity contribution in [2.24, 2.45) is 0 Å². The molecule has 7 heteroatoms. The Morgan fingerprint density at radius 1 is 1.28 bits per heavy atom. The number of anilines is 1. The largest absolute Gasteiger partial charge is 0.487 e. The lowest BCUT2D eigenvalue weighted by atomic mass is 10.2. The normalized spacial score (nSPS) is 11.5. The molecule has 0 amide bonds. The van der Waals surface area contributed by atoms with E-state index in [2.05, 4.69) is 10.2 Å². The van der Waals surface area contributed by atoms with Gasteiger partial charge in [0.15, 0.2) is 0 Å². The summed E-state index contributed by atoms with van der Waals surface area (Å²) in [5.74, 6) is -0.237. The van der Waals surface area contributed by atoms with Gasteiger partial charge in [0.2, 0.25) is 0 Å². The molecule has 0 radical (unpaired) electrons. The molecule has 96 valence electrons. The molecule has 0 saturated heterocycles.